The van der Waals surface area contributed by atoms with Crippen molar-refractivity contribution in [2.24, 2.45) is 0 Å². The Morgan fingerprint density at radius 1 is 0.956 bits per heavy atom. The van der Waals surface area contributed by atoms with Crippen molar-refractivity contribution in [3.05, 3.63) is 83.4 Å². The number of fused-ring (bicyclic) bond motifs is 1. The lowest BCUT2D eigenvalue weighted by molar-refractivity contribution is -0.197. The third kappa shape index (κ3) is 6.92. The highest BCUT2D eigenvalue weighted by atomic mass is 35.5. The third-order valence-electron chi connectivity index (χ3n) is 7.31. The van der Waals surface area contributed by atoms with Gasteiger partial charge in [0.25, 0.3) is 5.60 Å². The molecule has 1 aliphatic rings. The Hall–Kier alpha value is -4.14. The number of nitrogens with one attached hydrogen (secondary N) is 1. The number of aliphatic hydroxyl groups is 2. The Bertz CT molecular complexity index is 1590. The molecule has 5 rings (SSSR count). The molecular weight excluding hydrogens is 606 g/mol. The molecule has 0 bridgehead atoms. The average molecular weight is 640 g/mol. The smallest absolute Gasteiger partial charge is 0.350 e. The van der Waals surface area contributed by atoms with Gasteiger partial charge in [0.15, 0.2) is 23.2 Å². The van der Waals surface area contributed by atoms with E-state index in [9.17, 15) is 19.8 Å². The van der Waals surface area contributed by atoms with Crippen LogP contribution in [0.15, 0.2) is 67.0 Å². The number of carbonyl (C=O) groups is 2. The molecule has 4 atom stereocenters. The molecule has 45 heavy (non-hydrogen) atoms. The number of ether oxygens (including phenoxy) is 4. The molecule has 2 aromatic carbocycles. The molecule has 1 fully saturated rings. The maximum Gasteiger partial charge on any atom is 0.350 e. The first-order chi connectivity index (χ1) is 21.8. The minimum Gasteiger partial charge on any atom is -0.463 e. The second-order valence-corrected chi connectivity index (χ2v) is 10.6. The number of benzene rings is 2. The molecule has 14 heteroatoms. The van der Waals surface area contributed by atoms with E-state index in [1.807, 2.05) is 30.3 Å². The minimum absolute atomic E-state index is 0.0121. The lowest BCUT2D eigenvalue weighted by atomic mass is 9.93. The van der Waals surface area contributed by atoms with Gasteiger partial charge in [-0.3, -0.25) is 4.57 Å². The first-order valence-electron chi connectivity index (χ1n) is 14.5. The molecule has 3 heterocycles. The highest BCUT2D eigenvalue weighted by Gasteiger charge is 2.53. The lowest BCUT2D eigenvalue weighted by Crippen LogP contribution is -2.54. The van der Waals surface area contributed by atoms with Crippen LogP contribution in [0.2, 0.25) is 5.28 Å². The molecule has 1 saturated heterocycles. The van der Waals surface area contributed by atoms with Crippen LogP contribution in [-0.4, -0.2) is 85.4 Å². The van der Waals surface area contributed by atoms with Crippen LogP contribution in [0.4, 0.5) is 5.82 Å². The fourth-order valence-electron chi connectivity index (χ4n) is 5.08. The van der Waals surface area contributed by atoms with Crippen molar-refractivity contribution in [1.29, 1.82) is 0 Å². The van der Waals surface area contributed by atoms with E-state index >= 15 is 0 Å². The van der Waals surface area contributed by atoms with Crippen molar-refractivity contribution in [1.82, 2.24) is 19.5 Å². The van der Waals surface area contributed by atoms with Crippen molar-refractivity contribution >= 4 is 40.5 Å². The van der Waals surface area contributed by atoms with Gasteiger partial charge in [-0.2, -0.15) is 9.97 Å². The molecule has 0 amide bonds. The summed E-state index contributed by atoms with van der Waals surface area (Å²) in [7, 11) is 0. The van der Waals surface area contributed by atoms with Crippen LogP contribution in [0.3, 0.4) is 0 Å². The number of anilines is 1. The highest BCUT2D eigenvalue weighted by Crippen LogP contribution is 2.34. The van der Waals surface area contributed by atoms with Gasteiger partial charge in [-0.1, -0.05) is 60.7 Å². The average Bonchev–Trinajstić information content (AvgIpc) is 3.59. The summed E-state index contributed by atoms with van der Waals surface area (Å²) in [5.41, 5.74) is 0.0462. The van der Waals surface area contributed by atoms with Crippen LogP contribution in [0.1, 0.15) is 31.2 Å². The van der Waals surface area contributed by atoms with Crippen molar-refractivity contribution in [3.63, 3.8) is 0 Å². The summed E-state index contributed by atoms with van der Waals surface area (Å²) >= 11 is 6.25. The molecule has 0 spiro atoms. The van der Waals surface area contributed by atoms with Crippen LogP contribution >= 0.6 is 11.6 Å². The van der Waals surface area contributed by atoms with Gasteiger partial charge in [0.1, 0.15) is 18.3 Å². The largest absolute Gasteiger partial charge is 0.463 e. The Morgan fingerprint density at radius 2 is 1.58 bits per heavy atom. The molecule has 0 saturated carbocycles. The fraction of sp³-hybridized carbons (Fsp3) is 0.387. The molecular formula is C31H34ClN5O8. The van der Waals surface area contributed by atoms with Crippen molar-refractivity contribution in [2.75, 3.05) is 25.1 Å². The van der Waals surface area contributed by atoms with Crippen LogP contribution in [0, 0.1) is 0 Å². The monoisotopic (exact) mass is 639 g/mol. The zero-order chi connectivity index (χ0) is 32.0. The summed E-state index contributed by atoms with van der Waals surface area (Å²) in [5, 5.41) is 25.2. The van der Waals surface area contributed by atoms with E-state index in [4.69, 9.17) is 30.5 Å². The Balaban J connectivity index is 1.39. The van der Waals surface area contributed by atoms with Crippen molar-refractivity contribution in [2.45, 2.75) is 57.0 Å². The minimum atomic E-state index is -2.19. The molecule has 3 N–H and O–H groups in total. The van der Waals surface area contributed by atoms with Crippen LogP contribution in [0.25, 0.3) is 11.2 Å². The molecule has 1 aliphatic heterocycles. The van der Waals surface area contributed by atoms with E-state index in [-0.39, 0.29) is 30.6 Å². The number of aromatic nitrogens is 4. The topological polar surface area (TPSA) is 167 Å². The van der Waals surface area contributed by atoms with E-state index in [2.05, 4.69) is 20.3 Å². The van der Waals surface area contributed by atoms with Gasteiger partial charge in [0.2, 0.25) is 5.28 Å². The van der Waals surface area contributed by atoms with E-state index in [0.29, 0.717) is 23.4 Å². The highest BCUT2D eigenvalue weighted by molar-refractivity contribution is 6.28. The zero-order valence-corrected chi connectivity index (χ0v) is 25.5. The number of carbonyl (C=O) groups excluding carboxylic acids is 2. The fourth-order valence-corrected chi connectivity index (χ4v) is 5.24. The normalized spacial score (nSPS) is 19.8. The summed E-state index contributed by atoms with van der Waals surface area (Å²) in [5.74, 6) is -1.52. The van der Waals surface area contributed by atoms with Crippen LogP contribution < -0.4 is 5.32 Å². The van der Waals surface area contributed by atoms with Crippen molar-refractivity contribution < 1.29 is 38.7 Å². The molecule has 0 unspecified atom stereocenters. The van der Waals surface area contributed by atoms with E-state index in [1.54, 1.807) is 44.2 Å². The van der Waals surface area contributed by atoms with Gasteiger partial charge in [-0.05, 0) is 36.6 Å². The Labute approximate surface area is 264 Å². The first-order valence-corrected chi connectivity index (χ1v) is 14.9. The summed E-state index contributed by atoms with van der Waals surface area (Å²) in [6, 6.07) is 18.5. The van der Waals surface area contributed by atoms with E-state index < -0.39 is 48.7 Å². The molecule has 2 aromatic heterocycles. The maximum absolute atomic E-state index is 13.3. The predicted molar refractivity (Wildman–Crippen MR) is 162 cm³/mol. The van der Waals surface area contributed by atoms with Gasteiger partial charge >= 0.3 is 11.9 Å². The quantitative estimate of drug-likeness (QED) is 0.111. The van der Waals surface area contributed by atoms with Gasteiger partial charge in [-0.15, -0.1) is 0 Å². The van der Waals surface area contributed by atoms with E-state index in [0.717, 1.165) is 5.56 Å². The number of rotatable bonds is 13. The van der Waals surface area contributed by atoms with E-state index in [1.165, 1.54) is 10.9 Å². The lowest BCUT2D eigenvalue weighted by Gasteiger charge is -2.30. The summed E-state index contributed by atoms with van der Waals surface area (Å²) in [4.78, 5) is 39.6. The van der Waals surface area contributed by atoms with Gasteiger partial charge < -0.3 is 34.5 Å². The standard InChI is InChI=1S/C31H34ClN5O8/c1-3-42-28(40)31(29(41)43-4-2,15-19-11-7-5-8-12-19)44-17-21-23(38)24(39)27(45-21)37-18-34-22-25(35-30(32)36-26(22)37)33-16-20-13-9-6-10-14-20/h5-14,18,21,23-24,27,38-39H,3-4,15-17H2,1-2H3,(H,33,35,36)/t21-,23-,24-,27-/m1/s1. The van der Waals surface area contributed by atoms with Gasteiger partial charge in [-0.25, -0.2) is 14.6 Å². The number of hydrogen-bond donors (Lipinski definition) is 3. The Kier molecular flexibility index (Phi) is 10.3. The molecule has 238 valence electrons. The number of esters is 2. The first kappa shape index (κ1) is 32.3. The molecule has 13 nitrogen and oxygen atoms in total. The summed E-state index contributed by atoms with van der Waals surface area (Å²) < 4.78 is 24.0. The third-order valence-corrected chi connectivity index (χ3v) is 7.48. The number of hydrogen-bond acceptors (Lipinski definition) is 12. The molecule has 0 radical (unpaired) electrons. The zero-order valence-electron chi connectivity index (χ0n) is 24.7. The Morgan fingerprint density at radius 3 is 2.20 bits per heavy atom. The summed E-state index contributed by atoms with van der Waals surface area (Å²) in [6.07, 6.45) is -4.07. The van der Waals surface area contributed by atoms with Crippen molar-refractivity contribution in [3.8, 4) is 0 Å². The second-order valence-electron chi connectivity index (χ2n) is 10.3. The van der Waals surface area contributed by atoms with Gasteiger partial charge in [0.05, 0.1) is 26.1 Å². The van der Waals surface area contributed by atoms with Crippen LogP contribution in [0.5, 0.6) is 0 Å². The molecule has 4 aromatic rings. The maximum atomic E-state index is 13.3. The number of imidazole rings is 1. The summed E-state index contributed by atoms with van der Waals surface area (Å²) in [6.45, 7) is 3.17. The number of aliphatic hydroxyl groups excluding tert-OH is 2. The second kappa shape index (κ2) is 14.3. The van der Waals surface area contributed by atoms with Gasteiger partial charge in [0, 0.05) is 13.0 Å². The number of halogens is 1. The SMILES string of the molecule is CCOC(=O)C(Cc1ccccc1)(OC[C@H]1O[C@@H](n2cnc3c(NCc4ccccc4)nc(Cl)nc32)[C@H](O)[C@@H]1O)C(=O)OCC. The number of nitrogens with zero attached hydrogens (tertiary/aromatic N) is 4. The van der Waals surface area contributed by atoms with Crippen LogP contribution in [-0.2, 0) is 41.5 Å². The molecule has 0 aliphatic carbocycles. The predicted octanol–water partition coefficient (Wildman–Crippen LogP) is 2.84.